The molecule has 0 saturated carbocycles. The zero-order valence-corrected chi connectivity index (χ0v) is 22.0. The molecule has 38 heavy (non-hydrogen) atoms. The highest BCUT2D eigenvalue weighted by Gasteiger charge is 2.64. The number of aryl methyl sites for hydroxylation is 1. The second-order valence-electron chi connectivity index (χ2n) is 9.61. The number of nitrogens with one attached hydrogen (secondary N) is 1. The molecule has 3 aromatic rings. The number of carbonyl (C=O) groups is 3. The zero-order valence-electron chi connectivity index (χ0n) is 20.5. The first-order chi connectivity index (χ1) is 18.3. The van der Waals surface area contributed by atoms with E-state index in [0.29, 0.717) is 27.2 Å². The number of hydrogen-bond acceptors (Lipinski definition) is 5. The Balaban J connectivity index is 1.46. The number of hydrogen-bond donors (Lipinski definition) is 1. The number of carbonyl (C=O) groups excluding carboxylic acids is 3. The summed E-state index contributed by atoms with van der Waals surface area (Å²) in [5, 5.41) is 3.73. The van der Waals surface area contributed by atoms with Crippen molar-refractivity contribution in [2.45, 2.75) is 19.0 Å². The lowest BCUT2D eigenvalue weighted by atomic mass is 9.84. The summed E-state index contributed by atoms with van der Waals surface area (Å²) in [5.41, 5.74) is 3.39. The summed E-state index contributed by atoms with van der Waals surface area (Å²) in [5.74, 6) is -2.45. The summed E-state index contributed by atoms with van der Waals surface area (Å²) in [6, 6.07) is 16.3. The van der Waals surface area contributed by atoms with E-state index in [9.17, 15) is 14.4 Å². The lowest BCUT2D eigenvalue weighted by Crippen LogP contribution is -2.46. The largest absolute Gasteiger partial charge is 0.495 e. The first-order valence-corrected chi connectivity index (χ1v) is 12.9. The first kappa shape index (κ1) is 24.5. The van der Waals surface area contributed by atoms with Crippen molar-refractivity contribution < 1.29 is 19.1 Å². The lowest BCUT2D eigenvalue weighted by Gasteiger charge is -2.35. The molecule has 9 heteroatoms. The maximum Gasteiger partial charge on any atom is 0.248 e. The molecule has 3 aliphatic rings. The van der Waals surface area contributed by atoms with Crippen LogP contribution in [0.1, 0.15) is 22.7 Å². The quantitative estimate of drug-likeness (QED) is 0.438. The number of nitrogens with zero attached hydrogens (tertiary/aromatic N) is 2. The highest BCUT2D eigenvalue weighted by atomic mass is 35.5. The molecule has 4 atom stereocenters. The number of methoxy groups -OCH3 is 1. The zero-order chi connectivity index (χ0) is 26.7. The third-order valence-electron chi connectivity index (χ3n) is 7.56. The Kier molecular flexibility index (Phi) is 5.93. The van der Waals surface area contributed by atoms with Gasteiger partial charge in [0.25, 0.3) is 0 Å². The van der Waals surface area contributed by atoms with Crippen molar-refractivity contribution in [3.8, 4) is 5.75 Å². The molecule has 0 unspecified atom stereocenters. The van der Waals surface area contributed by atoms with E-state index in [0.717, 1.165) is 16.7 Å². The van der Waals surface area contributed by atoms with Gasteiger partial charge in [-0.05, 0) is 60.0 Å². The van der Waals surface area contributed by atoms with E-state index < -0.39 is 35.7 Å². The molecule has 7 nitrogen and oxygen atoms in total. The Hall–Kier alpha value is -3.81. The van der Waals surface area contributed by atoms with Gasteiger partial charge in [-0.25, -0.2) is 4.90 Å². The molecule has 0 radical (unpaired) electrons. The van der Waals surface area contributed by atoms with Gasteiger partial charge in [0.15, 0.2) is 0 Å². The van der Waals surface area contributed by atoms with Crippen molar-refractivity contribution in [1.82, 2.24) is 4.90 Å². The van der Waals surface area contributed by atoms with Crippen LogP contribution in [0.3, 0.4) is 0 Å². The molecule has 0 aromatic heterocycles. The standard InChI is InChI=1S/C29H23Cl2N3O4/c1-15-7-8-18(31)14-21(15)34-28(36)23-24(29(34)37)26(27(35)32-20-13-17(30)9-10-22(20)38-2)33-12-11-16-5-3-4-6-19(16)25(23)33/h3-14,23-26H,1-2H3,(H,32,35)/t23-,24-,25+,26+/m1/s1. The molecule has 0 aliphatic carbocycles. The topological polar surface area (TPSA) is 79.0 Å². The normalized spacial score (nSPS) is 23.3. The van der Waals surface area contributed by atoms with Gasteiger partial charge in [0, 0.05) is 16.2 Å². The third kappa shape index (κ3) is 3.68. The van der Waals surface area contributed by atoms with Crippen LogP contribution in [0.4, 0.5) is 11.4 Å². The molecule has 3 aliphatic heterocycles. The average Bonchev–Trinajstić information content (AvgIpc) is 3.38. The second-order valence-corrected chi connectivity index (χ2v) is 10.5. The van der Waals surface area contributed by atoms with Gasteiger partial charge in [-0.15, -0.1) is 0 Å². The molecule has 3 aromatic carbocycles. The maximum absolute atomic E-state index is 14.0. The van der Waals surface area contributed by atoms with Gasteiger partial charge in [-0.1, -0.05) is 53.5 Å². The molecule has 3 heterocycles. The minimum absolute atomic E-state index is 0.346. The summed E-state index contributed by atoms with van der Waals surface area (Å²) < 4.78 is 5.40. The van der Waals surface area contributed by atoms with Crippen molar-refractivity contribution in [2.75, 3.05) is 17.3 Å². The van der Waals surface area contributed by atoms with Gasteiger partial charge in [0.05, 0.1) is 36.4 Å². The fourth-order valence-corrected chi connectivity index (χ4v) is 6.24. The van der Waals surface area contributed by atoms with E-state index in [4.69, 9.17) is 27.9 Å². The predicted molar refractivity (Wildman–Crippen MR) is 146 cm³/mol. The highest BCUT2D eigenvalue weighted by molar-refractivity contribution is 6.32. The fraction of sp³-hybridized carbons (Fsp3) is 0.207. The van der Waals surface area contributed by atoms with Crippen LogP contribution >= 0.6 is 23.2 Å². The number of halogens is 2. The number of benzene rings is 3. The van der Waals surface area contributed by atoms with Crippen molar-refractivity contribution >= 4 is 58.4 Å². The molecule has 6 rings (SSSR count). The number of imide groups is 1. The molecule has 2 fully saturated rings. The molecule has 1 N–H and O–H groups in total. The van der Waals surface area contributed by atoms with E-state index in [-0.39, 0.29) is 5.91 Å². The molecule has 0 bridgehead atoms. The number of amides is 3. The van der Waals surface area contributed by atoms with Crippen LogP contribution in [0.25, 0.3) is 6.08 Å². The minimum atomic E-state index is -0.945. The number of ether oxygens (including phenoxy) is 1. The van der Waals surface area contributed by atoms with Crippen LogP contribution in [0.5, 0.6) is 5.75 Å². The maximum atomic E-state index is 14.0. The Labute approximate surface area is 229 Å². The Morgan fingerprint density at radius 1 is 0.947 bits per heavy atom. The van der Waals surface area contributed by atoms with Crippen LogP contribution < -0.4 is 15.0 Å². The van der Waals surface area contributed by atoms with Crippen LogP contribution in [0.2, 0.25) is 10.0 Å². The van der Waals surface area contributed by atoms with Crippen LogP contribution in [-0.2, 0) is 14.4 Å². The minimum Gasteiger partial charge on any atom is -0.495 e. The number of anilines is 2. The first-order valence-electron chi connectivity index (χ1n) is 12.1. The van der Waals surface area contributed by atoms with E-state index in [2.05, 4.69) is 5.32 Å². The summed E-state index contributed by atoms with van der Waals surface area (Å²) in [4.78, 5) is 45.1. The molecular weight excluding hydrogens is 525 g/mol. The van der Waals surface area contributed by atoms with Crippen molar-refractivity contribution in [2.24, 2.45) is 11.8 Å². The van der Waals surface area contributed by atoms with E-state index >= 15 is 0 Å². The molecule has 192 valence electrons. The summed E-state index contributed by atoms with van der Waals surface area (Å²) in [7, 11) is 1.50. The monoisotopic (exact) mass is 547 g/mol. The SMILES string of the molecule is COc1ccc(Cl)cc1NC(=O)[C@@H]1[C@@H]2C(=O)N(c3cc(Cl)ccc3C)C(=O)[C@H]2[C@@H]2c3ccccc3C=CN12. The molecule has 2 saturated heterocycles. The van der Waals surface area contributed by atoms with Gasteiger partial charge < -0.3 is 15.0 Å². The highest BCUT2D eigenvalue weighted by Crippen LogP contribution is 2.53. The Morgan fingerprint density at radius 3 is 2.45 bits per heavy atom. The van der Waals surface area contributed by atoms with Crippen molar-refractivity contribution in [3.63, 3.8) is 0 Å². The Bertz CT molecular complexity index is 1540. The van der Waals surface area contributed by atoms with Gasteiger partial charge in [0.2, 0.25) is 17.7 Å². The third-order valence-corrected chi connectivity index (χ3v) is 8.03. The predicted octanol–water partition coefficient (Wildman–Crippen LogP) is 5.46. The summed E-state index contributed by atoms with van der Waals surface area (Å²) in [6.07, 6.45) is 3.71. The van der Waals surface area contributed by atoms with Crippen LogP contribution in [0.15, 0.2) is 66.9 Å². The van der Waals surface area contributed by atoms with E-state index in [1.54, 1.807) is 42.6 Å². The van der Waals surface area contributed by atoms with Crippen LogP contribution in [-0.4, -0.2) is 35.8 Å². The van der Waals surface area contributed by atoms with Gasteiger partial charge in [0.1, 0.15) is 11.8 Å². The van der Waals surface area contributed by atoms with E-state index in [1.807, 2.05) is 42.2 Å². The van der Waals surface area contributed by atoms with Gasteiger partial charge >= 0.3 is 0 Å². The van der Waals surface area contributed by atoms with Gasteiger partial charge in [-0.2, -0.15) is 0 Å². The summed E-state index contributed by atoms with van der Waals surface area (Å²) >= 11 is 12.4. The molecular formula is C29H23Cl2N3O4. The van der Waals surface area contributed by atoms with Crippen molar-refractivity contribution in [3.05, 3.63) is 93.6 Å². The number of fused-ring (bicyclic) bond motifs is 5. The van der Waals surface area contributed by atoms with Crippen molar-refractivity contribution in [1.29, 1.82) is 0 Å². The van der Waals surface area contributed by atoms with Gasteiger partial charge in [-0.3, -0.25) is 14.4 Å². The molecule has 0 spiro atoms. The smallest absolute Gasteiger partial charge is 0.248 e. The molecule has 3 amide bonds. The van der Waals surface area contributed by atoms with E-state index in [1.165, 1.54) is 12.0 Å². The lowest BCUT2D eigenvalue weighted by molar-refractivity contribution is -0.128. The van der Waals surface area contributed by atoms with Crippen LogP contribution in [0, 0.1) is 18.8 Å². The summed E-state index contributed by atoms with van der Waals surface area (Å²) in [6.45, 7) is 1.82. The average molecular weight is 548 g/mol. The Morgan fingerprint density at radius 2 is 1.66 bits per heavy atom. The number of rotatable bonds is 4. The second kappa shape index (κ2) is 9.19. The fourth-order valence-electron chi connectivity index (χ4n) is 5.90.